The SMILES string of the molecule is O=C(O)[C@@H]1CCN(C(=O)c2ccc(F)cc2OCCCN2CCC3(CC2)Cc2cc(Cl)ccc2O3)C1. The second-order valence-electron chi connectivity index (χ2n) is 9.97. The van der Waals surface area contributed by atoms with Crippen molar-refractivity contribution in [1.82, 2.24) is 9.80 Å². The zero-order valence-corrected chi connectivity index (χ0v) is 20.8. The van der Waals surface area contributed by atoms with E-state index in [2.05, 4.69) is 4.90 Å². The number of benzene rings is 2. The second kappa shape index (κ2) is 10.3. The first-order chi connectivity index (χ1) is 17.3. The number of piperidine rings is 1. The van der Waals surface area contributed by atoms with Gasteiger partial charge in [-0.3, -0.25) is 9.59 Å². The number of hydrogen-bond donors (Lipinski definition) is 1. The molecule has 36 heavy (non-hydrogen) atoms. The van der Waals surface area contributed by atoms with Crippen molar-refractivity contribution in [3.05, 3.63) is 58.4 Å². The lowest BCUT2D eigenvalue weighted by molar-refractivity contribution is -0.141. The van der Waals surface area contributed by atoms with Crippen LogP contribution in [-0.4, -0.2) is 71.7 Å². The van der Waals surface area contributed by atoms with Gasteiger partial charge in [-0.25, -0.2) is 4.39 Å². The van der Waals surface area contributed by atoms with Crippen molar-refractivity contribution in [3.8, 4) is 11.5 Å². The third-order valence-corrected chi connectivity index (χ3v) is 7.74. The first kappa shape index (κ1) is 24.8. The van der Waals surface area contributed by atoms with E-state index in [1.165, 1.54) is 28.7 Å². The predicted molar refractivity (Wildman–Crippen MR) is 132 cm³/mol. The highest BCUT2D eigenvalue weighted by Crippen LogP contribution is 2.42. The molecule has 1 N–H and O–H groups in total. The van der Waals surface area contributed by atoms with Crippen LogP contribution in [0.5, 0.6) is 11.5 Å². The highest BCUT2D eigenvalue weighted by Gasteiger charge is 2.42. The summed E-state index contributed by atoms with van der Waals surface area (Å²) in [6.45, 7) is 3.55. The number of likely N-dealkylation sites (tertiary alicyclic amines) is 2. The molecule has 0 saturated carbocycles. The zero-order chi connectivity index (χ0) is 25.3. The van der Waals surface area contributed by atoms with Crippen molar-refractivity contribution in [2.75, 3.05) is 39.3 Å². The minimum atomic E-state index is -0.905. The molecule has 0 bridgehead atoms. The normalized spacial score (nSPS) is 20.8. The van der Waals surface area contributed by atoms with Gasteiger partial charge >= 0.3 is 5.97 Å². The number of amides is 1. The van der Waals surface area contributed by atoms with E-state index in [9.17, 15) is 19.1 Å². The lowest BCUT2D eigenvalue weighted by atomic mass is 9.87. The number of nitrogens with zero attached hydrogens (tertiary/aromatic N) is 2. The Morgan fingerprint density at radius 3 is 2.72 bits per heavy atom. The van der Waals surface area contributed by atoms with Crippen molar-refractivity contribution < 1.29 is 28.6 Å². The highest BCUT2D eigenvalue weighted by atomic mass is 35.5. The third-order valence-electron chi connectivity index (χ3n) is 7.50. The fourth-order valence-corrected chi connectivity index (χ4v) is 5.64. The van der Waals surface area contributed by atoms with Crippen molar-refractivity contribution in [3.63, 3.8) is 0 Å². The summed E-state index contributed by atoms with van der Waals surface area (Å²) in [4.78, 5) is 28.1. The Morgan fingerprint density at radius 1 is 1.17 bits per heavy atom. The van der Waals surface area contributed by atoms with Crippen LogP contribution >= 0.6 is 11.6 Å². The molecule has 7 nitrogen and oxygen atoms in total. The van der Waals surface area contributed by atoms with E-state index in [1.807, 2.05) is 18.2 Å². The molecule has 192 valence electrons. The quantitative estimate of drug-likeness (QED) is 0.554. The number of carbonyl (C=O) groups is 2. The lowest BCUT2D eigenvalue weighted by Crippen LogP contribution is -2.47. The molecule has 1 amide bonds. The smallest absolute Gasteiger partial charge is 0.308 e. The summed E-state index contributed by atoms with van der Waals surface area (Å²) >= 11 is 6.14. The van der Waals surface area contributed by atoms with Gasteiger partial charge in [-0.05, 0) is 48.7 Å². The molecule has 0 unspecified atom stereocenters. The molecule has 0 aromatic heterocycles. The van der Waals surface area contributed by atoms with Crippen molar-refractivity contribution in [2.45, 2.75) is 37.7 Å². The fraction of sp³-hybridized carbons (Fsp3) is 0.481. The van der Waals surface area contributed by atoms with Crippen LogP contribution in [0.15, 0.2) is 36.4 Å². The van der Waals surface area contributed by atoms with Gasteiger partial charge in [-0.1, -0.05) is 11.6 Å². The Kier molecular flexibility index (Phi) is 7.08. The number of halogens is 2. The van der Waals surface area contributed by atoms with Gasteiger partial charge in [0, 0.05) is 63.1 Å². The van der Waals surface area contributed by atoms with Crippen molar-refractivity contribution in [2.24, 2.45) is 5.92 Å². The third kappa shape index (κ3) is 5.30. The molecule has 0 radical (unpaired) electrons. The average Bonchev–Trinajstić information content (AvgIpc) is 3.48. The first-order valence-corrected chi connectivity index (χ1v) is 12.8. The summed E-state index contributed by atoms with van der Waals surface area (Å²) in [7, 11) is 0. The molecule has 2 saturated heterocycles. The van der Waals surface area contributed by atoms with Gasteiger partial charge in [-0.2, -0.15) is 0 Å². The first-order valence-electron chi connectivity index (χ1n) is 12.5. The Hall–Kier alpha value is -2.84. The van der Waals surface area contributed by atoms with Gasteiger partial charge in [0.05, 0.1) is 18.1 Å². The highest BCUT2D eigenvalue weighted by molar-refractivity contribution is 6.30. The average molecular weight is 517 g/mol. The number of carboxylic acid groups (broad SMARTS) is 1. The second-order valence-corrected chi connectivity index (χ2v) is 10.4. The van der Waals surface area contributed by atoms with Gasteiger partial charge in [0.25, 0.3) is 5.91 Å². The van der Waals surface area contributed by atoms with E-state index in [0.29, 0.717) is 19.6 Å². The predicted octanol–water partition coefficient (Wildman–Crippen LogP) is 4.26. The summed E-state index contributed by atoms with van der Waals surface area (Å²) < 4.78 is 26.1. The number of rotatable bonds is 7. The summed E-state index contributed by atoms with van der Waals surface area (Å²) in [5.74, 6) is -1.14. The number of fused-ring (bicyclic) bond motifs is 1. The number of carbonyl (C=O) groups excluding carboxylic acids is 1. The largest absolute Gasteiger partial charge is 0.493 e. The van der Waals surface area contributed by atoms with Crippen molar-refractivity contribution in [1.29, 1.82) is 0 Å². The maximum absolute atomic E-state index is 13.9. The maximum Gasteiger partial charge on any atom is 0.308 e. The molecular formula is C27H30ClFN2O5. The molecule has 3 aliphatic heterocycles. The van der Waals surface area contributed by atoms with Crippen LogP contribution in [0.3, 0.4) is 0 Å². The van der Waals surface area contributed by atoms with Gasteiger partial charge < -0.3 is 24.4 Å². The summed E-state index contributed by atoms with van der Waals surface area (Å²) in [6.07, 6.45) is 3.92. The summed E-state index contributed by atoms with van der Waals surface area (Å²) in [6, 6.07) is 9.68. The zero-order valence-electron chi connectivity index (χ0n) is 20.1. The lowest BCUT2D eigenvalue weighted by Gasteiger charge is -2.38. The molecule has 9 heteroatoms. The van der Waals surface area contributed by atoms with E-state index in [1.54, 1.807) is 0 Å². The standard InChI is InChI=1S/C27H30ClFN2O5/c28-20-2-5-23-19(14-20)16-27(36-23)7-11-30(12-8-27)9-1-13-35-24-15-21(29)3-4-22(24)25(32)31-10-6-18(17-31)26(33)34/h2-5,14-15,18H,1,6-13,16-17H2,(H,33,34)/t18-/m1/s1. The Bertz CT molecular complexity index is 1150. The Labute approximate surface area is 214 Å². The van der Waals surface area contributed by atoms with E-state index >= 15 is 0 Å². The molecule has 2 aromatic rings. The molecule has 1 atom stereocenters. The van der Waals surface area contributed by atoms with Crippen LogP contribution in [0.1, 0.15) is 41.6 Å². The molecule has 1 spiro atoms. The minimum absolute atomic E-state index is 0.147. The monoisotopic (exact) mass is 516 g/mol. The summed E-state index contributed by atoms with van der Waals surface area (Å²) in [5, 5.41) is 9.94. The van der Waals surface area contributed by atoms with Gasteiger partial charge in [-0.15, -0.1) is 0 Å². The summed E-state index contributed by atoms with van der Waals surface area (Å²) in [5.41, 5.74) is 1.30. The molecule has 0 aliphatic carbocycles. The number of hydrogen-bond acceptors (Lipinski definition) is 5. The number of carboxylic acids is 1. The minimum Gasteiger partial charge on any atom is -0.493 e. The van der Waals surface area contributed by atoms with Gasteiger partial charge in [0.1, 0.15) is 22.9 Å². The van der Waals surface area contributed by atoms with Crippen LogP contribution in [0.2, 0.25) is 5.02 Å². The van der Waals surface area contributed by atoms with E-state index in [-0.39, 0.29) is 29.4 Å². The van der Waals surface area contributed by atoms with E-state index in [4.69, 9.17) is 21.1 Å². The van der Waals surface area contributed by atoms with Crippen LogP contribution in [0, 0.1) is 11.7 Å². The van der Waals surface area contributed by atoms with Crippen LogP contribution in [-0.2, 0) is 11.2 Å². The van der Waals surface area contributed by atoms with Crippen molar-refractivity contribution >= 4 is 23.5 Å². The van der Waals surface area contributed by atoms with Crippen LogP contribution < -0.4 is 9.47 Å². The molecular weight excluding hydrogens is 487 g/mol. The molecule has 2 fully saturated rings. The topological polar surface area (TPSA) is 79.3 Å². The Balaban J connectivity index is 1.10. The van der Waals surface area contributed by atoms with Crippen LogP contribution in [0.25, 0.3) is 0 Å². The van der Waals surface area contributed by atoms with Gasteiger partial charge in [0.2, 0.25) is 0 Å². The van der Waals surface area contributed by atoms with E-state index in [0.717, 1.165) is 56.1 Å². The number of ether oxygens (including phenoxy) is 2. The van der Waals surface area contributed by atoms with Gasteiger partial charge in [0.15, 0.2) is 0 Å². The maximum atomic E-state index is 13.9. The fourth-order valence-electron chi connectivity index (χ4n) is 5.44. The van der Waals surface area contributed by atoms with Crippen LogP contribution in [0.4, 0.5) is 4.39 Å². The molecule has 3 aliphatic rings. The Morgan fingerprint density at radius 2 is 1.97 bits per heavy atom. The number of aliphatic carboxylic acids is 1. The molecule has 3 heterocycles. The van der Waals surface area contributed by atoms with E-state index < -0.39 is 17.7 Å². The molecule has 2 aromatic carbocycles. The molecule has 5 rings (SSSR count).